The largest absolute Gasteiger partial charge is 0.469 e. The monoisotopic (exact) mass is 287 g/mol. The standard InChI is InChI=1S/C14H25NO5/c1-14(2,3)20-13(18)15-8-7-10(11(16)9-15)5-6-12(17)19-4/h10-11,16H,5-9H2,1-4H3/t10-,11-/m0/s1. The highest BCUT2D eigenvalue weighted by molar-refractivity contribution is 5.69. The minimum atomic E-state index is -0.624. The lowest BCUT2D eigenvalue weighted by atomic mass is 9.90. The Kier molecular flexibility index (Phi) is 5.80. The van der Waals surface area contributed by atoms with Gasteiger partial charge in [-0.1, -0.05) is 0 Å². The lowest BCUT2D eigenvalue weighted by Gasteiger charge is -2.36. The first-order chi connectivity index (χ1) is 9.23. The number of rotatable bonds is 3. The lowest BCUT2D eigenvalue weighted by Crippen LogP contribution is -2.48. The molecule has 0 aromatic carbocycles. The van der Waals surface area contributed by atoms with Gasteiger partial charge in [-0.05, 0) is 39.5 Å². The minimum Gasteiger partial charge on any atom is -0.469 e. The fourth-order valence-electron chi connectivity index (χ4n) is 2.21. The van der Waals surface area contributed by atoms with Gasteiger partial charge >= 0.3 is 12.1 Å². The molecule has 1 fully saturated rings. The average molecular weight is 287 g/mol. The second-order valence-corrected chi connectivity index (χ2v) is 6.16. The van der Waals surface area contributed by atoms with Crippen LogP contribution in [0.3, 0.4) is 0 Å². The molecule has 0 bridgehead atoms. The molecule has 1 saturated heterocycles. The van der Waals surface area contributed by atoms with E-state index in [1.807, 2.05) is 20.8 Å². The van der Waals surface area contributed by atoms with Gasteiger partial charge in [-0.15, -0.1) is 0 Å². The molecule has 6 nitrogen and oxygen atoms in total. The number of carbonyl (C=O) groups is 2. The molecule has 1 rings (SSSR count). The van der Waals surface area contributed by atoms with Crippen LogP contribution < -0.4 is 0 Å². The summed E-state index contributed by atoms with van der Waals surface area (Å²) in [6, 6.07) is 0. The summed E-state index contributed by atoms with van der Waals surface area (Å²) in [6.07, 6.45) is 0.516. The number of carbonyl (C=O) groups excluding carboxylic acids is 2. The molecule has 0 aromatic heterocycles. The molecular weight excluding hydrogens is 262 g/mol. The average Bonchev–Trinajstić information content (AvgIpc) is 2.34. The summed E-state index contributed by atoms with van der Waals surface area (Å²) in [5, 5.41) is 10.1. The van der Waals surface area contributed by atoms with Gasteiger partial charge in [-0.3, -0.25) is 4.79 Å². The number of amides is 1. The summed E-state index contributed by atoms with van der Waals surface area (Å²) in [5.41, 5.74) is -0.538. The SMILES string of the molecule is COC(=O)CC[C@H]1CCN(C(=O)OC(C)(C)C)C[C@@H]1O. The number of nitrogens with zero attached hydrogens (tertiary/aromatic N) is 1. The van der Waals surface area contributed by atoms with Gasteiger partial charge in [0.2, 0.25) is 0 Å². The highest BCUT2D eigenvalue weighted by atomic mass is 16.6. The molecule has 0 unspecified atom stereocenters. The van der Waals surface area contributed by atoms with E-state index >= 15 is 0 Å². The number of hydrogen-bond donors (Lipinski definition) is 1. The maximum Gasteiger partial charge on any atom is 0.410 e. The third-order valence-corrected chi connectivity index (χ3v) is 3.32. The van der Waals surface area contributed by atoms with Crippen molar-refractivity contribution in [2.45, 2.75) is 51.7 Å². The minimum absolute atomic E-state index is 0.0211. The first-order valence-corrected chi connectivity index (χ1v) is 6.95. The van der Waals surface area contributed by atoms with Crippen LogP contribution in [0, 0.1) is 5.92 Å². The number of ether oxygens (including phenoxy) is 2. The summed E-state index contributed by atoms with van der Waals surface area (Å²) in [6.45, 7) is 6.22. The van der Waals surface area contributed by atoms with Crippen LogP contribution in [0.1, 0.15) is 40.0 Å². The van der Waals surface area contributed by atoms with E-state index in [1.165, 1.54) is 12.0 Å². The molecule has 1 aliphatic rings. The molecule has 20 heavy (non-hydrogen) atoms. The molecule has 1 amide bonds. The van der Waals surface area contributed by atoms with Gasteiger partial charge in [0.15, 0.2) is 0 Å². The molecule has 1 aliphatic heterocycles. The molecule has 0 spiro atoms. The van der Waals surface area contributed by atoms with Crippen LogP contribution in [-0.4, -0.2) is 54.0 Å². The van der Waals surface area contributed by atoms with Crippen molar-refractivity contribution in [2.24, 2.45) is 5.92 Å². The Hall–Kier alpha value is -1.30. The van der Waals surface area contributed by atoms with Gasteiger partial charge in [0.05, 0.1) is 19.8 Å². The third-order valence-electron chi connectivity index (χ3n) is 3.32. The fourth-order valence-corrected chi connectivity index (χ4v) is 2.21. The maximum atomic E-state index is 11.9. The van der Waals surface area contributed by atoms with E-state index in [9.17, 15) is 14.7 Å². The van der Waals surface area contributed by atoms with Crippen molar-refractivity contribution in [3.63, 3.8) is 0 Å². The molecule has 6 heteroatoms. The summed E-state index contributed by atoms with van der Waals surface area (Å²) >= 11 is 0. The van der Waals surface area contributed by atoms with Crippen LogP contribution in [0.15, 0.2) is 0 Å². The van der Waals surface area contributed by atoms with Crippen molar-refractivity contribution in [3.8, 4) is 0 Å². The van der Waals surface area contributed by atoms with E-state index in [0.717, 1.165) is 0 Å². The van der Waals surface area contributed by atoms with Crippen LogP contribution in [0.2, 0.25) is 0 Å². The molecule has 0 saturated carbocycles. The van der Waals surface area contributed by atoms with E-state index in [1.54, 1.807) is 0 Å². The van der Waals surface area contributed by atoms with Crippen LogP contribution in [0.25, 0.3) is 0 Å². The van der Waals surface area contributed by atoms with Crippen molar-refractivity contribution in [1.82, 2.24) is 4.90 Å². The van der Waals surface area contributed by atoms with Crippen LogP contribution in [0.5, 0.6) is 0 Å². The van der Waals surface area contributed by atoms with Crippen molar-refractivity contribution in [3.05, 3.63) is 0 Å². The Morgan fingerprint density at radius 3 is 2.50 bits per heavy atom. The van der Waals surface area contributed by atoms with Crippen molar-refractivity contribution < 1.29 is 24.2 Å². The Bertz CT molecular complexity index is 350. The molecule has 1 heterocycles. The van der Waals surface area contributed by atoms with Crippen LogP contribution >= 0.6 is 0 Å². The van der Waals surface area contributed by atoms with Gasteiger partial charge < -0.3 is 19.5 Å². The maximum absolute atomic E-state index is 11.9. The smallest absolute Gasteiger partial charge is 0.410 e. The number of piperidine rings is 1. The Labute approximate surface area is 120 Å². The fraction of sp³-hybridized carbons (Fsp3) is 0.857. The highest BCUT2D eigenvalue weighted by Gasteiger charge is 2.32. The second-order valence-electron chi connectivity index (χ2n) is 6.16. The van der Waals surface area contributed by atoms with Crippen LogP contribution in [-0.2, 0) is 14.3 Å². The molecular formula is C14H25NO5. The van der Waals surface area contributed by atoms with Gasteiger partial charge in [-0.2, -0.15) is 0 Å². The second kappa shape index (κ2) is 6.92. The summed E-state index contributed by atoms with van der Waals surface area (Å²) in [4.78, 5) is 24.5. The Morgan fingerprint density at radius 1 is 1.35 bits per heavy atom. The van der Waals surface area contributed by atoms with Gasteiger partial charge in [0.1, 0.15) is 5.60 Å². The molecule has 0 aliphatic carbocycles. The van der Waals surface area contributed by atoms with Gasteiger partial charge in [0, 0.05) is 13.0 Å². The Morgan fingerprint density at radius 2 is 2.00 bits per heavy atom. The molecule has 1 N–H and O–H groups in total. The number of esters is 1. The summed E-state index contributed by atoms with van der Waals surface area (Å²) in [7, 11) is 1.35. The summed E-state index contributed by atoms with van der Waals surface area (Å²) in [5.74, 6) is -0.250. The number of aliphatic hydroxyl groups excluding tert-OH is 1. The van der Waals surface area contributed by atoms with E-state index < -0.39 is 17.8 Å². The molecule has 0 radical (unpaired) electrons. The molecule has 0 aromatic rings. The predicted molar refractivity (Wildman–Crippen MR) is 73.2 cm³/mol. The highest BCUT2D eigenvalue weighted by Crippen LogP contribution is 2.24. The Balaban J connectivity index is 2.43. The topological polar surface area (TPSA) is 76.1 Å². The van der Waals surface area contributed by atoms with Crippen molar-refractivity contribution in [1.29, 1.82) is 0 Å². The quantitative estimate of drug-likeness (QED) is 0.797. The zero-order valence-corrected chi connectivity index (χ0v) is 12.7. The first kappa shape index (κ1) is 16.8. The molecule has 2 atom stereocenters. The number of hydrogen-bond acceptors (Lipinski definition) is 5. The lowest BCUT2D eigenvalue weighted by molar-refractivity contribution is -0.141. The predicted octanol–water partition coefficient (Wildman–Crippen LogP) is 1.56. The van der Waals surface area contributed by atoms with E-state index in [2.05, 4.69) is 4.74 Å². The van der Waals surface area contributed by atoms with Crippen molar-refractivity contribution >= 4 is 12.1 Å². The number of methoxy groups -OCH3 is 1. The van der Waals surface area contributed by atoms with E-state index in [4.69, 9.17) is 4.74 Å². The molecule has 116 valence electrons. The third kappa shape index (κ3) is 5.36. The normalized spacial score (nSPS) is 23.4. The van der Waals surface area contributed by atoms with Gasteiger partial charge in [-0.25, -0.2) is 4.79 Å². The summed E-state index contributed by atoms with van der Waals surface area (Å²) < 4.78 is 9.86. The van der Waals surface area contributed by atoms with Crippen molar-refractivity contribution in [2.75, 3.05) is 20.2 Å². The first-order valence-electron chi connectivity index (χ1n) is 6.95. The van der Waals surface area contributed by atoms with E-state index in [0.29, 0.717) is 25.8 Å². The van der Waals surface area contributed by atoms with E-state index in [-0.39, 0.29) is 18.4 Å². The number of likely N-dealkylation sites (tertiary alicyclic amines) is 1. The number of β-amino-alcohol motifs (C(OH)–C–C–N with tert-alkyl or cyclic N) is 1. The van der Waals surface area contributed by atoms with Crippen LogP contribution in [0.4, 0.5) is 4.79 Å². The zero-order valence-electron chi connectivity index (χ0n) is 12.7. The zero-order chi connectivity index (χ0) is 15.3. The van der Waals surface area contributed by atoms with Gasteiger partial charge in [0.25, 0.3) is 0 Å². The number of aliphatic hydroxyl groups is 1.